The first-order chi connectivity index (χ1) is 15.4. The maximum Gasteiger partial charge on any atom is 0.325 e. The second-order valence-electron chi connectivity index (χ2n) is 8.37. The predicted molar refractivity (Wildman–Crippen MR) is 116 cm³/mol. The van der Waals surface area contributed by atoms with Crippen molar-refractivity contribution in [2.24, 2.45) is 5.92 Å². The fourth-order valence-corrected chi connectivity index (χ4v) is 4.33. The van der Waals surface area contributed by atoms with Gasteiger partial charge in [0.25, 0.3) is 5.91 Å². The number of imide groups is 1. The highest BCUT2D eigenvalue weighted by Gasteiger charge is 2.52. The van der Waals surface area contributed by atoms with Crippen molar-refractivity contribution in [3.63, 3.8) is 0 Å². The third-order valence-electron chi connectivity index (χ3n) is 6.28. The molecular weight excluding hydrogens is 411 g/mol. The number of halogens is 1. The largest absolute Gasteiger partial charge is 0.339 e. The van der Waals surface area contributed by atoms with E-state index in [0.717, 1.165) is 5.56 Å². The molecule has 32 heavy (non-hydrogen) atoms. The molecule has 0 aliphatic carbocycles. The van der Waals surface area contributed by atoms with Gasteiger partial charge in [-0.05, 0) is 61.1 Å². The summed E-state index contributed by atoms with van der Waals surface area (Å²) in [7, 11) is 0. The molecule has 0 unspecified atom stereocenters. The fourth-order valence-electron chi connectivity index (χ4n) is 4.33. The molecule has 0 radical (unpaired) electrons. The van der Waals surface area contributed by atoms with Crippen molar-refractivity contribution in [2.75, 3.05) is 13.1 Å². The van der Waals surface area contributed by atoms with E-state index in [4.69, 9.17) is 0 Å². The van der Waals surface area contributed by atoms with Crippen molar-refractivity contribution in [3.05, 3.63) is 71.8 Å². The minimum Gasteiger partial charge on any atom is -0.339 e. The average molecular weight is 436 g/mol. The van der Waals surface area contributed by atoms with E-state index in [1.165, 1.54) is 23.1 Å². The van der Waals surface area contributed by atoms with E-state index in [-0.39, 0.29) is 30.1 Å². The first-order valence-corrected chi connectivity index (χ1v) is 10.6. The molecule has 1 atom stereocenters. The molecule has 4 amide bonds. The van der Waals surface area contributed by atoms with Gasteiger partial charge in [-0.15, -0.1) is 0 Å². The molecule has 2 aromatic rings. The summed E-state index contributed by atoms with van der Waals surface area (Å²) in [5.74, 6) is -0.818. The lowest BCUT2D eigenvalue weighted by Crippen LogP contribution is -2.54. The molecule has 1 aromatic carbocycles. The van der Waals surface area contributed by atoms with Crippen LogP contribution in [0.1, 0.15) is 30.9 Å². The molecular formula is C24H25FN4O3. The number of pyridine rings is 1. The van der Waals surface area contributed by atoms with Crippen LogP contribution in [0.2, 0.25) is 0 Å². The number of likely N-dealkylation sites (tertiary alicyclic amines) is 1. The lowest BCUT2D eigenvalue weighted by atomic mass is 9.79. The molecule has 0 bridgehead atoms. The maximum atomic E-state index is 13.2. The third-order valence-corrected chi connectivity index (χ3v) is 6.28. The van der Waals surface area contributed by atoms with Crippen LogP contribution in [0, 0.1) is 11.7 Å². The molecule has 166 valence electrons. The van der Waals surface area contributed by atoms with Gasteiger partial charge in [0.15, 0.2) is 0 Å². The van der Waals surface area contributed by atoms with E-state index in [9.17, 15) is 18.8 Å². The molecule has 7 nitrogen and oxygen atoms in total. The van der Waals surface area contributed by atoms with Gasteiger partial charge in [-0.25, -0.2) is 9.18 Å². The molecule has 1 aromatic heterocycles. The second kappa shape index (κ2) is 8.90. The zero-order valence-corrected chi connectivity index (χ0v) is 17.8. The zero-order valence-electron chi connectivity index (χ0n) is 17.8. The van der Waals surface area contributed by atoms with Crippen molar-refractivity contribution < 1.29 is 18.8 Å². The minimum absolute atomic E-state index is 0.0801. The van der Waals surface area contributed by atoms with Gasteiger partial charge in [0.1, 0.15) is 11.4 Å². The molecule has 0 saturated carbocycles. The maximum absolute atomic E-state index is 13.2. The standard InChI is InChI=1S/C24H25FN4O3/c1-24(22(31)29(23(32)27-24)16-18-4-7-20(25)8-5-18)19-10-13-28(14-11-19)21(30)9-6-17-3-2-12-26-15-17/h2-9,12,15,19H,10-11,13-14,16H2,1H3,(H,27,32)/b9-6+/t24-/m0/s1. The van der Waals surface area contributed by atoms with Gasteiger partial charge < -0.3 is 10.2 Å². The Kier molecular flexibility index (Phi) is 6.03. The van der Waals surface area contributed by atoms with E-state index in [1.54, 1.807) is 42.4 Å². The van der Waals surface area contributed by atoms with Crippen LogP contribution in [0.25, 0.3) is 6.08 Å². The van der Waals surface area contributed by atoms with Crippen molar-refractivity contribution >= 4 is 23.9 Å². The lowest BCUT2D eigenvalue weighted by molar-refractivity contribution is -0.134. The molecule has 2 aliphatic heterocycles. The monoisotopic (exact) mass is 436 g/mol. The Labute approximate surface area is 185 Å². The van der Waals surface area contributed by atoms with Crippen molar-refractivity contribution in [1.82, 2.24) is 20.1 Å². The minimum atomic E-state index is -1.02. The Morgan fingerprint density at radius 3 is 2.59 bits per heavy atom. The van der Waals surface area contributed by atoms with Gasteiger partial charge in [-0.1, -0.05) is 18.2 Å². The molecule has 2 fully saturated rings. The molecule has 2 aliphatic rings. The highest BCUT2D eigenvalue weighted by Crippen LogP contribution is 2.34. The number of nitrogens with one attached hydrogen (secondary N) is 1. The Hall–Kier alpha value is -3.55. The summed E-state index contributed by atoms with van der Waals surface area (Å²) >= 11 is 0. The number of rotatable bonds is 5. The molecule has 3 heterocycles. The number of hydrogen-bond acceptors (Lipinski definition) is 4. The van der Waals surface area contributed by atoms with Gasteiger partial charge in [-0.3, -0.25) is 19.5 Å². The fraction of sp³-hybridized carbons (Fsp3) is 0.333. The number of aromatic nitrogens is 1. The summed E-state index contributed by atoms with van der Waals surface area (Å²) in [4.78, 5) is 45.2. The van der Waals surface area contributed by atoms with E-state index in [2.05, 4.69) is 10.3 Å². The van der Waals surface area contributed by atoms with Crippen LogP contribution in [0.5, 0.6) is 0 Å². The summed E-state index contributed by atoms with van der Waals surface area (Å²) in [6.07, 6.45) is 7.85. The van der Waals surface area contributed by atoms with Crippen LogP contribution < -0.4 is 5.32 Å². The first kappa shape index (κ1) is 21.7. The number of nitrogens with zero attached hydrogens (tertiary/aromatic N) is 3. The second-order valence-corrected chi connectivity index (χ2v) is 8.37. The predicted octanol–water partition coefficient (Wildman–Crippen LogP) is 2.98. The summed E-state index contributed by atoms with van der Waals surface area (Å²) in [5, 5.41) is 2.86. The Bertz CT molecular complexity index is 1030. The van der Waals surface area contributed by atoms with Gasteiger partial charge >= 0.3 is 6.03 Å². The number of carbonyl (C=O) groups is 3. The van der Waals surface area contributed by atoms with Gasteiger partial charge in [0, 0.05) is 31.6 Å². The van der Waals surface area contributed by atoms with Gasteiger partial charge in [-0.2, -0.15) is 0 Å². The highest BCUT2D eigenvalue weighted by molar-refractivity contribution is 6.07. The summed E-state index contributed by atoms with van der Waals surface area (Å²) < 4.78 is 13.1. The SMILES string of the molecule is C[C@@]1(C2CCN(C(=O)/C=C/c3cccnc3)CC2)NC(=O)N(Cc2ccc(F)cc2)C1=O. The van der Waals surface area contributed by atoms with E-state index < -0.39 is 11.6 Å². The summed E-state index contributed by atoms with van der Waals surface area (Å²) in [6.45, 7) is 2.87. The molecule has 1 N–H and O–H groups in total. The van der Waals surface area contributed by atoms with E-state index in [0.29, 0.717) is 31.5 Å². The average Bonchev–Trinajstić information content (AvgIpc) is 3.03. The molecule has 2 saturated heterocycles. The Balaban J connectivity index is 1.36. The summed E-state index contributed by atoms with van der Waals surface area (Å²) in [5.41, 5.74) is 0.515. The Morgan fingerprint density at radius 2 is 1.94 bits per heavy atom. The topological polar surface area (TPSA) is 82.6 Å². The molecule has 8 heteroatoms. The van der Waals surface area contributed by atoms with Crippen LogP contribution >= 0.6 is 0 Å². The van der Waals surface area contributed by atoms with Gasteiger partial charge in [0.05, 0.1) is 6.54 Å². The van der Waals surface area contributed by atoms with Gasteiger partial charge in [0.2, 0.25) is 5.91 Å². The number of hydrogen-bond donors (Lipinski definition) is 1. The van der Waals surface area contributed by atoms with Crippen LogP contribution in [-0.2, 0) is 16.1 Å². The Morgan fingerprint density at radius 1 is 1.22 bits per heavy atom. The van der Waals surface area contributed by atoms with E-state index in [1.807, 2.05) is 12.1 Å². The van der Waals surface area contributed by atoms with Crippen LogP contribution in [0.3, 0.4) is 0 Å². The zero-order chi connectivity index (χ0) is 22.7. The lowest BCUT2D eigenvalue weighted by Gasteiger charge is -2.38. The quantitative estimate of drug-likeness (QED) is 0.577. The van der Waals surface area contributed by atoms with Crippen molar-refractivity contribution in [3.8, 4) is 0 Å². The number of benzene rings is 1. The number of piperidine rings is 1. The number of amides is 4. The van der Waals surface area contributed by atoms with Crippen LogP contribution in [0.15, 0.2) is 54.9 Å². The highest BCUT2D eigenvalue weighted by atomic mass is 19.1. The smallest absolute Gasteiger partial charge is 0.325 e. The number of urea groups is 1. The van der Waals surface area contributed by atoms with Crippen molar-refractivity contribution in [2.45, 2.75) is 31.8 Å². The molecule has 4 rings (SSSR count). The normalized spacial score (nSPS) is 21.9. The number of carbonyl (C=O) groups excluding carboxylic acids is 3. The van der Waals surface area contributed by atoms with Crippen LogP contribution in [0.4, 0.5) is 9.18 Å². The molecule has 0 spiro atoms. The first-order valence-electron chi connectivity index (χ1n) is 10.6. The van der Waals surface area contributed by atoms with Crippen molar-refractivity contribution in [1.29, 1.82) is 0 Å². The summed E-state index contributed by atoms with van der Waals surface area (Å²) in [6, 6.07) is 8.98. The van der Waals surface area contributed by atoms with E-state index >= 15 is 0 Å². The van der Waals surface area contributed by atoms with Crippen LogP contribution in [-0.4, -0.2) is 51.3 Å². The third kappa shape index (κ3) is 4.39.